The van der Waals surface area contributed by atoms with Crippen LogP contribution in [0.25, 0.3) is 11.5 Å². The molecule has 0 aliphatic rings. The molecule has 0 unspecified atom stereocenters. The standard InChI is InChI=1S/C16H15N5O3/c22-7-8-24-12-2-4-18-14(10-12)21-16(23)11-1-3-17-13(9-11)15-19-5-6-20-15/h1-6,9-10,22H,7-8H2,(H,19,20)(H,18,21,23). The highest BCUT2D eigenvalue weighted by atomic mass is 16.5. The van der Waals surface area contributed by atoms with E-state index in [4.69, 9.17) is 9.84 Å². The number of anilines is 1. The van der Waals surface area contributed by atoms with Gasteiger partial charge in [0.2, 0.25) is 0 Å². The van der Waals surface area contributed by atoms with Gasteiger partial charge in [0, 0.05) is 36.4 Å². The van der Waals surface area contributed by atoms with Crippen molar-refractivity contribution < 1.29 is 14.6 Å². The van der Waals surface area contributed by atoms with E-state index in [-0.39, 0.29) is 19.1 Å². The van der Waals surface area contributed by atoms with E-state index in [2.05, 4.69) is 25.3 Å². The fraction of sp³-hybridized carbons (Fsp3) is 0.125. The molecule has 0 spiro atoms. The maximum Gasteiger partial charge on any atom is 0.256 e. The molecular weight excluding hydrogens is 310 g/mol. The first kappa shape index (κ1) is 15.6. The number of imidazole rings is 1. The van der Waals surface area contributed by atoms with Crippen LogP contribution in [0.5, 0.6) is 5.75 Å². The summed E-state index contributed by atoms with van der Waals surface area (Å²) in [4.78, 5) is 27.7. The van der Waals surface area contributed by atoms with E-state index >= 15 is 0 Å². The van der Waals surface area contributed by atoms with Gasteiger partial charge in [0.05, 0.1) is 6.61 Å². The molecule has 0 aliphatic carbocycles. The summed E-state index contributed by atoms with van der Waals surface area (Å²) >= 11 is 0. The lowest BCUT2D eigenvalue weighted by Crippen LogP contribution is -2.13. The number of amides is 1. The van der Waals surface area contributed by atoms with Crippen LogP contribution in [0.4, 0.5) is 5.82 Å². The molecule has 3 aromatic rings. The van der Waals surface area contributed by atoms with Crippen LogP contribution in [0.15, 0.2) is 49.1 Å². The third-order valence-corrected chi connectivity index (χ3v) is 3.10. The average Bonchev–Trinajstić information content (AvgIpc) is 3.15. The number of nitrogens with zero attached hydrogens (tertiary/aromatic N) is 3. The number of aliphatic hydroxyl groups excluding tert-OH is 1. The van der Waals surface area contributed by atoms with E-state index in [1.165, 1.54) is 6.20 Å². The van der Waals surface area contributed by atoms with E-state index < -0.39 is 0 Å². The summed E-state index contributed by atoms with van der Waals surface area (Å²) in [6, 6.07) is 6.48. The summed E-state index contributed by atoms with van der Waals surface area (Å²) in [6.07, 6.45) is 6.36. The van der Waals surface area contributed by atoms with E-state index in [0.29, 0.717) is 28.6 Å². The van der Waals surface area contributed by atoms with Crippen LogP contribution < -0.4 is 10.1 Å². The fourth-order valence-corrected chi connectivity index (χ4v) is 2.03. The minimum absolute atomic E-state index is 0.0867. The summed E-state index contributed by atoms with van der Waals surface area (Å²) in [5, 5.41) is 11.5. The molecule has 8 heteroatoms. The minimum Gasteiger partial charge on any atom is -0.491 e. The van der Waals surface area contributed by atoms with Crippen LogP contribution in [0.1, 0.15) is 10.4 Å². The number of carbonyl (C=O) groups excluding carboxylic acids is 1. The van der Waals surface area contributed by atoms with Gasteiger partial charge < -0.3 is 20.1 Å². The lowest BCUT2D eigenvalue weighted by Gasteiger charge is -2.08. The van der Waals surface area contributed by atoms with E-state index in [9.17, 15) is 4.79 Å². The van der Waals surface area contributed by atoms with Crippen LogP contribution in [0, 0.1) is 0 Å². The molecular formula is C16H15N5O3. The van der Waals surface area contributed by atoms with Gasteiger partial charge in [-0.25, -0.2) is 9.97 Å². The monoisotopic (exact) mass is 325 g/mol. The van der Waals surface area contributed by atoms with Gasteiger partial charge in [-0.2, -0.15) is 0 Å². The molecule has 0 radical (unpaired) electrons. The molecule has 0 saturated heterocycles. The zero-order chi connectivity index (χ0) is 16.8. The molecule has 0 fully saturated rings. The topological polar surface area (TPSA) is 113 Å². The Kier molecular flexibility index (Phi) is 4.78. The fourth-order valence-electron chi connectivity index (χ4n) is 2.03. The summed E-state index contributed by atoms with van der Waals surface area (Å²) in [7, 11) is 0. The molecule has 3 heterocycles. The number of nitrogens with one attached hydrogen (secondary N) is 2. The molecule has 3 rings (SSSR count). The van der Waals surface area contributed by atoms with Crippen molar-refractivity contribution in [3.05, 3.63) is 54.6 Å². The lowest BCUT2D eigenvalue weighted by atomic mass is 10.2. The van der Waals surface area contributed by atoms with Gasteiger partial charge in [-0.05, 0) is 18.2 Å². The number of aromatic nitrogens is 4. The summed E-state index contributed by atoms with van der Waals surface area (Å²) in [5.41, 5.74) is 1.00. The van der Waals surface area contributed by atoms with E-state index in [0.717, 1.165) is 0 Å². The highest BCUT2D eigenvalue weighted by Crippen LogP contribution is 2.17. The Morgan fingerprint density at radius 2 is 2.04 bits per heavy atom. The zero-order valence-electron chi connectivity index (χ0n) is 12.6. The molecule has 1 amide bonds. The number of rotatable bonds is 6. The Bertz CT molecular complexity index is 820. The highest BCUT2D eigenvalue weighted by molar-refractivity contribution is 6.04. The number of hydrogen-bond acceptors (Lipinski definition) is 6. The number of pyridine rings is 2. The maximum absolute atomic E-state index is 12.4. The van der Waals surface area contributed by atoms with Crippen molar-refractivity contribution in [2.75, 3.05) is 18.5 Å². The second kappa shape index (κ2) is 7.34. The molecule has 0 bridgehead atoms. The summed E-state index contributed by atoms with van der Waals surface area (Å²) < 4.78 is 5.29. The van der Waals surface area contributed by atoms with Crippen LogP contribution in [0.2, 0.25) is 0 Å². The van der Waals surface area contributed by atoms with Crippen LogP contribution in [-0.2, 0) is 0 Å². The zero-order valence-corrected chi connectivity index (χ0v) is 12.6. The number of carbonyl (C=O) groups is 1. The van der Waals surface area contributed by atoms with Gasteiger partial charge in [0.15, 0.2) is 5.82 Å². The SMILES string of the molecule is O=C(Nc1cc(OCCO)ccn1)c1ccnc(-c2ncc[nH]2)c1. The van der Waals surface area contributed by atoms with Crippen molar-refractivity contribution in [1.82, 2.24) is 19.9 Å². The lowest BCUT2D eigenvalue weighted by molar-refractivity contribution is 0.102. The van der Waals surface area contributed by atoms with Gasteiger partial charge >= 0.3 is 0 Å². The number of H-pyrrole nitrogens is 1. The molecule has 8 nitrogen and oxygen atoms in total. The molecule has 122 valence electrons. The predicted molar refractivity (Wildman–Crippen MR) is 86.6 cm³/mol. The number of aliphatic hydroxyl groups is 1. The van der Waals surface area contributed by atoms with Crippen molar-refractivity contribution in [2.24, 2.45) is 0 Å². The van der Waals surface area contributed by atoms with Gasteiger partial charge in [-0.1, -0.05) is 0 Å². The largest absolute Gasteiger partial charge is 0.491 e. The van der Waals surface area contributed by atoms with Crippen LogP contribution in [-0.4, -0.2) is 44.2 Å². The summed E-state index contributed by atoms with van der Waals surface area (Å²) in [6.45, 7) is 0.0881. The van der Waals surface area contributed by atoms with Crippen molar-refractivity contribution in [2.45, 2.75) is 0 Å². The van der Waals surface area contributed by atoms with Crippen molar-refractivity contribution in [1.29, 1.82) is 0 Å². The predicted octanol–water partition coefficient (Wildman–Crippen LogP) is 1.49. The Morgan fingerprint density at radius 1 is 1.17 bits per heavy atom. The number of ether oxygens (including phenoxy) is 1. The Balaban J connectivity index is 1.74. The molecule has 0 aromatic carbocycles. The first-order valence-corrected chi connectivity index (χ1v) is 7.23. The normalized spacial score (nSPS) is 10.4. The Morgan fingerprint density at radius 3 is 2.83 bits per heavy atom. The van der Waals surface area contributed by atoms with Crippen molar-refractivity contribution >= 4 is 11.7 Å². The quantitative estimate of drug-likeness (QED) is 0.633. The Hall–Kier alpha value is -3.26. The second-order valence-electron chi connectivity index (χ2n) is 4.77. The number of hydrogen-bond donors (Lipinski definition) is 3. The average molecular weight is 325 g/mol. The van der Waals surface area contributed by atoms with Crippen LogP contribution >= 0.6 is 0 Å². The van der Waals surface area contributed by atoms with E-state index in [1.807, 2.05) is 0 Å². The van der Waals surface area contributed by atoms with E-state index in [1.54, 1.807) is 42.9 Å². The molecule has 3 N–H and O–H groups in total. The molecule has 24 heavy (non-hydrogen) atoms. The minimum atomic E-state index is -0.322. The van der Waals surface area contributed by atoms with Gasteiger partial charge in [-0.15, -0.1) is 0 Å². The second-order valence-corrected chi connectivity index (χ2v) is 4.77. The first-order chi connectivity index (χ1) is 11.8. The molecule has 3 aromatic heterocycles. The van der Waals surface area contributed by atoms with Gasteiger partial charge in [0.25, 0.3) is 5.91 Å². The smallest absolute Gasteiger partial charge is 0.256 e. The molecule has 0 saturated carbocycles. The van der Waals surface area contributed by atoms with Crippen molar-refractivity contribution in [3.63, 3.8) is 0 Å². The summed E-state index contributed by atoms with van der Waals surface area (Å²) in [5.74, 6) is 1.13. The van der Waals surface area contributed by atoms with Gasteiger partial charge in [0.1, 0.15) is 23.9 Å². The van der Waals surface area contributed by atoms with Gasteiger partial charge in [-0.3, -0.25) is 9.78 Å². The Labute approximate surface area is 137 Å². The third-order valence-electron chi connectivity index (χ3n) is 3.10. The number of aromatic amines is 1. The van der Waals surface area contributed by atoms with Crippen LogP contribution in [0.3, 0.4) is 0 Å². The first-order valence-electron chi connectivity index (χ1n) is 7.23. The molecule has 0 aliphatic heterocycles. The van der Waals surface area contributed by atoms with Crippen molar-refractivity contribution in [3.8, 4) is 17.3 Å². The third kappa shape index (κ3) is 3.73. The molecule has 0 atom stereocenters. The highest BCUT2D eigenvalue weighted by Gasteiger charge is 2.10. The maximum atomic E-state index is 12.4.